The number of pyridine rings is 1. The number of hydrogen-bond donors (Lipinski definition) is 2. The zero-order chi connectivity index (χ0) is 16.1. The minimum absolute atomic E-state index is 0.00717. The van der Waals surface area contributed by atoms with Crippen molar-refractivity contribution in [3.63, 3.8) is 0 Å². The number of nitrogens with one attached hydrogen (secondary N) is 1. The van der Waals surface area contributed by atoms with Gasteiger partial charge in [-0.05, 0) is 42.3 Å². The standard InChI is InChI=1S/C18H18N4O/c1-2-15-11-14(6-8-19-15)17-7-9-20-18(22-17)21-16-5-3-4-13(10-16)12-23/h3-11,23H,2,12H2,1H3,(H,20,21,22). The monoisotopic (exact) mass is 306 g/mol. The molecule has 2 N–H and O–H groups in total. The summed E-state index contributed by atoms with van der Waals surface area (Å²) in [6.45, 7) is 2.08. The lowest BCUT2D eigenvalue weighted by Gasteiger charge is -2.08. The number of aliphatic hydroxyl groups excluding tert-OH is 1. The zero-order valence-electron chi connectivity index (χ0n) is 12.9. The van der Waals surface area contributed by atoms with E-state index in [0.717, 1.165) is 34.6 Å². The molecule has 0 radical (unpaired) electrons. The molecule has 1 aromatic carbocycles. The van der Waals surface area contributed by atoms with Crippen LogP contribution in [0.4, 0.5) is 11.6 Å². The second-order valence-electron chi connectivity index (χ2n) is 5.14. The lowest BCUT2D eigenvalue weighted by molar-refractivity contribution is 0.282. The number of anilines is 2. The van der Waals surface area contributed by atoms with Gasteiger partial charge in [0.1, 0.15) is 0 Å². The number of nitrogens with zero attached hydrogens (tertiary/aromatic N) is 3. The van der Waals surface area contributed by atoms with Crippen LogP contribution in [0.2, 0.25) is 0 Å². The average molecular weight is 306 g/mol. The third-order valence-electron chi connectivity index (χ3n) is 3.50. The predicted molar refractivity (Wildman–Crippen MR) is 90.3 cm³/mol. The highest BCUT2D eigenvalue weighted by Gasteiger charge is 2.04. The molecule has 2 aromatic heterocycles. The van der Waals surface area contributed by atoms with Gasteiger partial charge in [-0.15, -0.1) is 0 Å². The van der Waals surface area contributed by atoms with Crippen molar-refractivity contribution in [3.8, 4) is 11.3 Å². The fourth-order valence-electron chi connectivity index (χ4n) is 2.29. The summed E-state index contributed by atoms with van der Waals surface area (Å²) in [6, 6.07) is 13.4. The van der Waals surface area contributed by atoms with E-state index in [1.165, 1.54) is 0 Å². The van der Waals surface area contributed by atoms with Gasteiger partial charge in [0.25, 0.3) is 0 Å². The van der Waals surface area contributed by atoms with Gasteiger partial charge in [0.2, 0.25) is 5.95 Å². The molecule has 5 heteroatoms. The summed E-state index contributed by atoms with van der Waals surface area (Å²) in [6.07, 6.45) is 4.42. The molecule has 5 nitrogen and oxygen atoms in total. The highest BCUT2D eigenvalue weighted by atomic mass is 16.3. The summed E-state index contributed by atoms with van der Waals surface area (Å²) >= 11 is 0. The molecule has 3 aromatic rings. The molecule has 0 aliphatic carbocycles. The van der Waals surface area contributed by atoms with Crippen LogP contribution >= 0.6 is 0 Å². The van der Waals surface area contributed by atoms with E-state index in [-0.39, 0.29) is 6.61 Å². The van der Waals surface area contributed by atoms with E-state index in [2.05, 4.69) is 27.2 Å². The Morgan fingerprint density at radius 2 is 1.91 bits per heavy atom. The van der Waals surface area contributed by atoms with Gasteiger partial charge >= 0.3 is 0 Å². The van der Waals surface area contributed by atoms with Crippen LogP contribution in [0.5, 0.6) is 0 Å². The number of rotatable bonds is 5. The lowest BCUT2D eigenvalue weighted by atomic mass is 10.1. The van der Waals surface area contributed by atoms with Crippen molar-refractivity contribution in [2.24, 2.45) is 0 Å². The fourth-order valence-corrected chi connectivity index (χ4v) is 2.29. The summed E-state index contributed by atoms with van der Waals surface area (Å²) in [5.41, 5.74) is 4.58. The molecular formula is C18H18N4O. The SMILES string of the molecule is CCc1cc(-c2ccnc(Nc3cccc(CO)c3)n2)ccn1. The Bertz CT molecular complexity index is 804. The molecule has 0 saturated carbocycles. The first kappa shape index (κ1) is 15.1. The predicted octanol–water partition coefficient (Wildman–Crippen LogP) is 3.34. The van der Waals surface area contributed by atoms with Crippen molar-refractivity contribution in [3.05, 3.63) is 66.1 Å². The maximum atomic E-state index is 9.21. The molecule has 116 valence electrons. The van der Waals surface area contributed by atoms with Gasteiger partial charge in [0.15, 0.2) is 0 Å². The second kappa shape index (κ2) is 6.98. The minimum atomic E-state index is 0.00717. The first-order valence-corrected chi connectivity index (χ1v) is 7.53. The molecule has 0 amide bonds. The van der Waals surface area contributed by atoms with Crippen LogP contribution < -0.4 is 5.32 Å². The van der Waals surface area contributed by atoms with E-state index in [0.29, 0.717) is 5.95 Å². The van der Waals surface area contributed by atoms with Gasteiger partial charge < -0.3 is 10.4 Å². The van der Waals surface area contributed by atoms with Gasteiger partial charge in [-0.2, -0.15) is 0 Å². The maximum absolute atomic E-state index is 9.21. The van der Waals surface area contributed by atoms with Crippen molar-refractivity contribution in [1.29, 1.82) is 0 Å². The van der Waals surface area contributed by atoms with Crippen LogP contribution in [0.1, 0.15) is 18.2 Å². The van der Waals surface area contributed by atoms with E-state index in [1.54, 1.807) is 12.4 Å². The smallest absolute Gasteiger partial charge is 0.227 e. The Kier molecular flexibility index (Phi) is 4.59. The lowest BCUT2D eigenvalue weighted by Crippen LogP contribution is -1.99. The molecular weight excluding hydrogens is 288 g/mol. The zero-order valence-corrected chi connectivity index (χ0v) is 12.9. The van der Waals surface area contributed by atoms with Gasteiger partial charge in [-0.3, -0.25) is 4.98 Å². The molecule has 0 aliphatic rings. The summed E-state index contributed by atoms with van der Waals surface area (Å²) in [5.74, 6) is 0.521. The number of aromatic nitrogens is 3. The van der Waals surface area contributed by atoms with Gasteiger partial charge in [-0.25, -0.2) is 9.97 Å². The first-order chi connectivity index (χ1) is 11.3. The van der Waals surface area contributed by atoms with Gasteiger partial charge in [0.05, 0.1) is 12.3 Å². The molecule has 23 heavy (non-hydrogen) atoms. The van der Waals surface area contributed by atoms with Crippen LogP contribution in [0.15, 0.2) is 54.9 Å². The maximum Gasteiger partial charge on any atom is 0.227 e. The second-order valence-corrected chi connectivity index (χ2v) is 5.14. The minimum Gasteiger partial charge on any atom is -0.392 e. The first-order valence-electron chi connectivity index (χ1n) is 7.53. The van der Waals surface area contributed by atoms with Gasteiger partial charge in [0, 0.05) is 29.3 Å². The molecule has 0 saturated heterocycles. The summed E-state index contributed by atoms with van der Waals surface area (Å²) < 4.78 is 0. The Hall–Kier alpha value is -2.79. The summed E-state index contributed by atoms with van der Waals surface area (Å²) in [5, 5.41) is 12.4. The summed E-state index contributed by atoms with van der Waals surface area (Å²) in [4.78, 5) is 13.1. The van der Waals surface area contributed by atoms with Crippen molar-refractivity contribution < 1.29 is 5.11 Å². The largest absolute Gasteiger partial charge is 0.392 e. The highest BCUT2D eigenvalue weighted by molar-refractivity contribution is 5.62. The van der Waals surface area contributed by atoms with Crippen molar-refractivity contribution >= 4 is 11.6 Å². The van der Waals surface area contributed by atoms with Crippen molar-refractivity contribution in [2.45, 2.75) is 20.0 Å². The van der Waals surface area contributed by atoms with Crippen LogP contribution in [-0.2, 0) is 13.0 Å². The van der Waals surface area contributed by atoms with E-state index in [4.69, 9.17) is 0 Å². The highest BCUT2D eigenvalue weighted by Crippen LogP contribution is 2.20. The number of hydrogen-bond acceptors (Lipinski definition) is 5. The third-order valence-corrected chi connectivity index (χ3v) is 3.50. The molecule has 0 bridgehead atoms. The quantitative estimate of drug-likeness (QED) is 0.756. The van der Waals surface area contributed by atoms with Crippen LogP contribution in [0, 0.1) is 0 Å². The van der Waals surface area contributed by atoms with Crippen LogP contribution in [0.3, 0.4) is 0 Å². The molecule has 0 fully saturated rings. The fraction of sp³-hybridized carbons (Fsp3) is 0.167. The van der Waals surface area contributed by atoms with E-state index in [9.17, 15) is 5.11 Å². The van der Waals surface area contributed by atoms with E-state index in [1.807, 2.05) is 42.5 Å². The molecule has 0 spiro atoms. The van der Waals surface area contributed by atoms with Crippen molar-refractivity contribution in [2.75, 3.05) is 5.32 Å². The summed E-state index contributed by atoms with van der Waals surface area (Å²) in [7, 11) is 0. The normalized spacial score (nSPS) is 10.5. The molecule has 3 rings (SSSR count). The number of aryl methyl sites for hydroxylation is 1. The Labute approximate surface area is 135 Å². The topological polar surface area (TPSA) is 70.9 Å². The van der Waals surface area contributed by atoms with Crippen molar-refractivity contribution in [1.82, 2.24) is 15.0 Å². The number of benzene rings is 1. The molecule has 2 heterocycles. The average Bonchev–Trinajstić information content (AvgIpc) is 2.62. The molecule has 0 atom stereocenters. The Morgan fingerprint density at radius 1 is 1.04 bits per heavy atom. The molecule has 0 aliphatic heterocycles. The molecule has 0 unspecified atom stereocenters. The van der Waals surface area contributed by atoms with Crippen LogP contribution in [-0.4, -0.2) is 20.1 Å². The van der Waals surface area contributed by atoms with Crippen LogP contribution in [0.25, 0.3) is 11.3 Å². The van der Waals surface area contributed by atoms with E-state index < -0.39 is 0 Å². The number of aliphatic hydroxyl groups is 1. The van der Waals surface area contributed by atoms with E-state index >= 15 is 0 Å². The Balaban J connectivity index is 1.87. The third kappa shape index (κ3) is 3.70. The van der Waals surface area contributed by atoms with Gasteiger partial charge in [-0.1, -0.05) is 19.1 Å². The Morgan fingerprint density at radius 3 is 2.74 bits per heavy atom.